The van der Waals surface area contributed by atoms with Crippen molar-refractivity contribution in [3.05, 3.63) is 28.8 Å². The molecule has 106 valence electrons. The molecule has 0 bridgehead atoms. The van der Waals surface area contributed by atoms with E-state index in [1.165, 1.54) is 18.2 Å². The summed E-state index contributed by atoms with van der Waals surface area (Å²) in [6, 6.07) is 4.28. The highest BCUT2D eigenvalue weighted by Gasteiger charge is 2.19. The maximum absolute atomic E-state index is 11.6. The molecule has 0 fully saturated rings. The maximum atomic E-state index is 11.6. The molecule has 0 aliphatic rings. The van der Waals surface area contributed by atoms with Gasteiger partial charge in [-0.3, -0.25) is 4.72 Å². The third kappa shape index (κ3) is 5.31. The summed E-state index contributed by atoms with van der Waals surface area (Å²) in [6.45, 7) is 0. The van der Waals surface area contributed by atoms with Gasteiger partial charge in [0.05, 0.1) is 10.7 Å². The van der Waals surface area contributed by atoms with E-state index in [-0.39, 0.29) is 15.7 Å². The maximum Gasteiger partial charge on any atom is 0.247 e. The lowest BCUT2D eigenvalue weighted by Gasteiger charge is -2.10. The van der Waals surface area contributed by atoms with E-state index in [0.717, 1.165) is 6.26 Å². The van der Waals surface area contributed by atoms with E-state index in [0.29, 0.717) is 5.56 Å². The minimum atomic E-state index is -4.06. The first-order chi connectivity index (χ1) is 8.50. The molecule has 0 aromatic heterocycles. The molecule has 0 aliphatic carbocycles. The molecular weight excluding hydrogens is 332 g/mol. The number of anilines is 1. The van der Waals surface area contributed by atoms with Gasteiger partial charge in [-0.25, -0.2) is 16.8 Å². The molecule has 0 unspecified atom stereocenters. The number of hydrogen-bond donors (Lipinski definition) is 2. The molecule has 1 aromatic carbocycles. The van der Waals surface area contributed by atoms with Gasteiger partial charge in [0, 0.05) is 11.8 Å². The van der Waals surface area contributed by atoms with E-state index in [1.54, 1.807) is 0 Å². The Balaban J connectivity index is 3.12. The second-order valence-corrected chi connectivity index (χ2v) is 8.89. The monoisotopic (exact) mass is 342 g/mol. The number of nitrogens with two attached hydrogens (primary N) is 1. The molecule has 0 saturated carbocycles. The topological polar surface area (TPSA) is 106 Å². The van der Waals surface area contributed by atoms with Crippen LogP contribution >= 0.6 is 23.8 Å². The van der Waals surface area contributed by atoms with E-state index in [2.05, 4.69) is 4.72 Å². The van der Waals surface area contributed by atoms with Crippen molar-refractivity contribution in [2.24, 2.45) is 5.73 Å². The van der Waals surface area contributed by atoms with Gasteiger partial charge in [-0.15, -0.1) is 0 Å². The van der Waals surface area contributed by atoms with Gasteiger partial charge in [-0.05, 0) is 12.1 Å². The molecule has 19 heavy (non-hydrogen) atoms. The minimum Gasteiger partial charge on any atom is -0.389 e. The SMILES string of the molecule is CS(=O)(=O)CS(=O)(=O)Nc1cc(C(N)=S)ccc1Cl. The number of sulfonamides is 1. The summed E-state index contributed by atoms with van der Waals surface area (Å²) < 4.78 is 47.4. The molecule has 0 amide bonds. The van der Waals surface area contributed by atoms with E-state index in [4.69, 9.17) is 29.6 Å². The van der Waals surface area contributed by atoms with Gasteiger partial charge in [-0.1, -0.05) is 29.9 Å². The average molecular weight is 343 g/mol. The first kappa shape index (κ1) is 16.2. The Bertz CT molecular complexity index is 713. The summed E-state index contributed by atoms with van der Waals surface area (Å²) in [7, 11) is -7.75. The van der Waals surface area contributed by atoms with Gasteiger partial charge < -0.3 is 5.73 Å². The van der Waals surface area contributed by atoms with Crippen LogP contribution in [0.3, 0.4) is 0 Å². The third-order valence-electron chi connectivity index (χ3n) is 1.89. The highest BCUT2D eigenvalue weighted by molar-refractivity contribution is 8.08. The fourth-order valence-electron chi connectivity index (χ4n) is 1.24. The first-order valence-electron chi connectivity index (χ1n) is 4.78. The van der Waals surface area contributed by atoms with Crippen molar-refractivity contribution >= 4 is 54.4 Å². The normalized spacial score (nSPS) is 12.1. The van der Waals surface area contributed by atoms with Gasteiger partial charge in [0.25, 0.3) is 0 Å². The lowest BCUT2D eigenvalue weighted by molar-refractivity contribution is 0.595. The molecule has 0 heterocycles. The summed E-state index contributed by atoms with van der Waals surface area (Å²) in [5, 5.41) is -0.926. The van der Waals surface area contributed by atoms with Crippen LogP contribution in [0, 0.1) is 0 Å². The van der Waals surface area contributed by atoms with Crippen molar-refractivity contribution in [2.75, 3.05) is 16.1 Å². The van der Waals surface area contributed by atoms with Gasteiger partial charge in [0.15, 0.2) is 14.9 Å². The quantitative estimate of drug-likeness (QED) is 0.763. The average Bonchev–Trinajstić information content (AvgIpc) is 2.16. The van der Waals surface area contributed by atoms with Crippen molar-refractivity contribution in [2.45, 2.75) is 0 Å². The van der Waals surface area contributed by atoms with Crippen LogP contribution < -0.4 is 10.5 Å². The Labute approximate surface area is 121 Å². The second-order valence-electron chi connectivity index (χ2n) is 3.82. The number of nitrogens with one attached hydrogen (secondary N) is 1. The van der Waals surface area contributed by atoms with E-state index in [1.807, 2.05) is 0 Å². The molecule has 3 N–H and O–H groups in total. The smallest absolute Gasteiger partial charge is 0.247 e. The molecule has 0 spiro atoms. The molecule has 0 aliphatic heterocycles. The first-order valence-corrected chi connectivity index (χ1v) is 9.28. The third-order valence-corrected chi connectivity index (χ3v) is 5.94. The van der Waals surface area contributed by atoms with Gasteiger partial charge in [-0.2, -0.15) is 0 Å². The number of halogens is 1. The van der Waals surface area contributed by atoms with E-state index >= 15 is 0 Å². The second kappa shape index (κ2) is 5.61. The largest absolute Gasteiger partial charge is 0.389 e. The number of benzene rings is 1. The van der Waals surface area contributed by atoms with Crippen LogP contribution in [-0.4, -0.2) is 33.2 Å². The van der Waals surface area contributed by atoms with Crippen molar-refractivity contribution in [3.8, 4) is 0 Å². The molecule has 0 atom stereocenters. The zero-order valence-electron chi connectivity index (χ0n) is 9.75. The number of thiocarbonyl (C=S) groups is 1. The Hall–Kier alpha value is -0.900. The molecule has 0 radical (unpaired) electrons. The molecule has 0 saturated heterocycles. The molecule has 6 nitrogen and oxygen atoms in total. The van der Waals surface area contributed by atoms with Crippen LogP contribution in [0.25, 0.3) is 0 Å². The molecule has 1 rings (SSSR count). The van der Waals surface area contributed by atoms with Crippen molar-refractivity contribution < 1.29 is 16.8 Å². The van der Waals surface area contributed by atoms with Crippen LogP contribution in [0.15, 0.2) is 18.2 Å². The lowest BCUT2D eigenvalue weighted by Crippen LogP contribution is -2.22. The molecule has 1 aromatic rings. The van der Waals surface area contributed by atoms with Crippen molar-refractivity contribution in [1.29, 1.82) is 0 Å². The van der Waals surface area contributed by atoms with Crippen LogP contribution in [0.4, 0.5) is 5.69 Å². The Morgan fingerprint density at radius 1 is 1.37 bits per heavy atom. The fraction of sp³-hybridized carbons (Fsp3) is 0.222. The number of sulfone groups is 1. The van der Waals surface area contributed by atoms with Crippen molar-refractivity contribution in [3.63, 3.8) is 0 Å². The predicted molar refractivity (Wildman–Crippen MR) is 79.6 cm³/mol. The molecular formula is C9H11ClN2O4S3. The Morgan fingerprint density at radius 3 is 2.42 bits per heavy atom. The summed E-state index contributed by atoms with van der Waals surface area (Å²) in [5.74, 6) is 0. The van der Waals surface area contributed by atoms with Crippen molar-refractivity contribution in [1.82, 2.24) is 0 Å². The van der Waals surface area contributed by atoms with Gasteiger partial charge >= 0.3 is 0 Å². The summed E-state index contributed by atoms with van der Waals surface area (Å²) in [4.78, 5) is 0.0697. The Morgan fingerprint density at radius 2 is 1.95 bits per heavy atom. The summed E-state index contributed by atoms with van der Waals surface area (Å²) in [6.07, 6.45) is 0.819. The summed E-state index contributed by atoms with van der Waals surface area (Å²) >= 11 is 10.6. The fourth-order valence-corrected chi connectivity index (χ4v) is 4.58. The lowest BCUT2D eigenvalue weighted by atomic mass is 10.2. The van der Waals surface area contributed by atoms with Gasteiger partial charge in [0.2, 0.25) is 10.0 Å². The molecule has 10 heteroatoms. The van der Waals surface area contributed by atoms with Crippen LogP contribution in [0.5, 0.6) is 0 Å². The summed E-state index contributed by atoms with van der Waals surface area (Å²) in [5.41, 5.74) is 5.85. The zero-order chi connectivity index (χ0) is 14.8. The van der Waals surface area contributed by atoms with Crippen LogP contribution in [-0.2, 0) is 19.9 Å². The van der Waals surface area contributed by atoms with Crippen LogP contribution in [0.2, 0.25) is 5.02 Å². The zero-order valence-corrected chi connectivity index (χ0v) is 13.0. The number of hydrogen-bond acceptors (Lipinski definition) is 5. The highest BCUT2D eigenvalue weighted by atomic mass is 35.5. The standard InChI is InChI=1S/C9H11ClN2O4S3/c1-18(13,14)5-19(15,16)12-8-4-6(9(11)17)2-3-7(8)10/h2-4,12H,5H2,1H3,(H2,11,17). The highest BCUT2D eigenvalue weighted by Crippen LogP contribution is 2.24. The number of rotatable bonds is 5. The predicted octanol–water partition coefficient (Wildman–Crippen LogP) is 0.718. The Kier molecular flexibility index (Phi) is 4.77. The van der Waals surface area contributed by atoms with E-state index in [9.17, 15) is 16.8 Å². The van der Waals surface area contributed by atoms with Gasteiger partial charge in [0.1, 0.15) is 4.99 Å². The van der Waals surface area contributed by atoms with Crippen LogP contribution in [0.1, 0.15) is 5.56 Å². The minimum absolute atomic E-state index is 0.0237. The van der Waals surface area contributed by atoms with E-state index < -0.39 is 24.9 Å².